The van der Waals surface area contributed by atoms with Crippen LogP contribution in [0, 0.1) is 0 Å². The first kappa shape index (κ1) is 23.8. The SMILES string of the molecule is CCN1CCN(c2ccc(-c3cc4c(ncc5c4n(CC(=O)N4CCCCC4)c(=O)n5C)[nH]3)cc2)CC1. The van der Waals surface area contributed by atoms with E-state index in [1.807, 2.05) is 4.90 Å². The number of piperidine rings is 1. The summed E-state index contributed by atoms with van der Waals surface area (Å²) < 4.78 is 3.21. The number of likely N-dealkylation sites (N-methyl/N-ethyl adjacent to an activating group) is 1. The molecule has 9 nitrogen and oxygen atoms in total. The van der Waals surface area contributed by atoms with Crippen molar-refractivity contribution in [1.82, 2.24) is 28.9 Å². The lowest BCUT2D eigenvalue weighted by Crippen LogP contribution is -2.46. The zero-order valence-corrected chi connectivity index (χ0v) is 21.7. The van der Waals surface area contributed by atoms with Gasteiger partial charge in [-0.1, -0.05) is 19.1 Å². The second-order valence-corrected chi connectivity index (χ2v) is 10.3. The van der Waals surface area contributed by atoms with Crippen LogP contribution in [0.1, 0.15) is 26.2 Å². The largest absolute Gasteiger partial charge is 0.369 e. The standard InChI is InChI=1S/C28H35N7O2/c1-3-32-13-15-33(16-14-32)21-9-7-20(8-10-21)23-17-22-26-24(18-29-27(22)30-23)31(2)28(37)35(26)19-25(36)34-11-5-4-6-12-34/h7-10,17-18H,3-6,11-16,19H2,1-2H3,(H,29,30). The van der Waals surface area contributed by atoms with Crippen LogP contribution >= 0.6 is 0 Å². The molecule has 2 aliphatic heterocycles. The molecule has 1 amide bonds. The minimum absolute atomic E-state index is 0.00498. The molecule has 2 aliphatic rings. The highest BCUT2D eigenvalue weighted by molar-refractivity contribution is 6.03. The van der Waals surface area contributed by atoms with Gasteiger partial charge in [0.2, 0.25) is 5.91 Å². The number of carbonyl (C=O) groups is 1. The van der Waals surface area contributed by atoms with Crippen molar-refractivity contribution >= 4 is 33.7 Å². The summed E-state index contributed by atoms with van der Waals surface area (Å²) in [6.07, 6.45) is 4.94. The number of benzene rings is 1. The molecule has 9 heteroatoms. The predicted octanol–water partition coefficient (Wildman–Crippen LogP) is 3.04. The molecule has 6 rings (SSSR count). The van der Waals surface area contributed by atoms with E-state index in [-0.39, 0.29) is 18.1 Å². The highest BCUT2D eigenvalue weighted by Crippen LogP contribution is 2.30. The van der Waals surface area contributed by atoms with E-state index in [9.17, 15) is 9.59 Å². The molecular weight excluding hydrogens is 466 g/mol. The second-order valence-electron chi connectivity index (χ2n) is 10.3. The fourth-order valence-electron chi connectivity index (χ4n) is 5.81. The third-order valence-corrected chi connectivity index (χ3v) is 8.12. The average molecular weight is 502 g/mol. The molecule has 0 spiro atoms. The van der Waals surface area contributed by atoms with Crippen LogP contribution < -0.4 is 10.6 Å². The lowest BCUT2D eigenvalue weighted by molar-refractivity contribution is -0.132. The van der Waals surface area contributed by atoms with Gasteiger partial charge in [0, 0.05) is 63.1 Å². The summed E-state index contributed by atoms with van der Waals surface area (Å²) in [6.45, 7) is 9.21. The third kappa shape index (κ3) is 4.31. The molecule has 0 radical (unpaired) electrons. The summed E-state index contributed by atoms with van der Waals surface area (Å²) in [4.78, 5) is 41.1. The van der Waals surface area contributed by atoms with Crippen LogP contribution in [0.4, 0.5) is 5.69 Å². The van der Waals surface area contributed by atoms with Gasteiger partial charge in [0.05, 0.1) is 17.2 Å². The second kappa shape index (κ2) is 9.70. The Bertz CT molecular complexity index is 1480. The van der Waals surface area contributed by atoms with E-state index in [1.54, 1.807) is 22.4 Å². The highest BCUT2D eigenvalue weighted by Gasteiger charge is 2.22. The van der Waals surface area contributed by atoms with Gasteiger partial charge in [0.15, 0.2) is 0 Å². The number of nitrogens with zero attached hydrogens (tertiary/aromatic N) is 6. The quantitative estimate of drug-likeness (QED) is 0.455. The summed E-state index contributed by atoms with van der Waals surface area (Å²) in [5.41, 5.74) is 5.27. The molecule has 0 atom stereocenters. The van der Waals surface area contributed by atoms with Crippen molar-refractivity contribution in [3.63, 3.8) is 0 Å². The lowest BCUT2D eigenvalue weighted by Gasteiger charge is -2.35. The van der Waals surface area contributed by atoms with Crippen LogP contribution in [0.2, 0.25) is 0 Å². The van der Waals surface area contributed by atoms with Gasteiger partial charge in [0.1, 0.15) is 12.2 Å². The Balaban J connectivity index is 1.32. The first-order valence-corrected chi connectivity index (χ1v) is 13.5. The molecule has 0 aliphatic carbocycles. The van der Waals surface area contributed by atoms with Crippen LogP contribution in [0.15, 0.2) is 41.3 Å². The molecular formula is C28H35N7O2. The molecule has 0 unspecified atom stereocenters. The van der Waals surface area contributed by atoms with Crippen LogP contribution in [0.25, 0.3) is 33.3 Å². The molecule has 2 fully saturated rings. The molecule has 3 aromatic heterocycles. The number of imidazole rings is 1. The van der Waals surface area contributed by atoms with Crippen LogP contribution in [-0.2, 0) is 18.4 Å². The number of pyridine rings is 1. The van der Waals surface area contributed by atoms with Gasteiger partial charge in [-0.15, -0.1) is 0 Å². The summed E-state index contributed by atoms with van der Waals surface area (Å²) >= 11 is 0. The minimum atomic E-state index is -0.190. The monoisotopic (exact) mass is 501 g/mol. The Morgan fingerprint density at radius 3 is 2.43 bits per heavy atom. The number of amides is 1. The summed E-state index contributed by atoms with van der Waals surface area (Å²) in [6, 6.07) is 10.7. The Kier molecular flexibility index (Phi) is 6.24. The van der Waals surface area contributed by atoms with Crippen LogP contribution in [0.5, 0.6) is 0 Å². The van der Waals surface area contributed by atoms with E-state index >= 15 is 0 Å². The van der Waals surface area contributed by atoms with Gasteiger partial charge in [-0.05, 0) is 49.6 Å². The van der Waals surface area contributed by atoms with Gasteiger partial charge in [-0.25, -0.2) is 9.78 Å². The first-order chi connectivity index (χ1) is 18.0. The lowest BCUT2D eigenvalue weighted by atomic mass is 10.1. The van der Waals surface area contributed by atoms with E-state index in [4.69, 9.17) is 0 Å². The number of piperazine rings is 1. The smallest absolute Gasteiger partial charge is 0.329 e. The Morgan fingerprint density at radius 1 is 1.00 bits per heavy atom. The van der Waals surface area contributed by atoms with Crippen LogP contribution in [-0.4, -0.2) is 80.6 Å². The summed E-state index contributed by atoms with van der Waals surface area (Å²) in [7, 11) is 1.74. The van der Waals surface area contributed by atoms with Crippen molar-refractivity contribution in [2.45, 2.75) is 32.7 Å². The number of aryl methyl sites for hydroxylation is 1. The van der Waals surface area contributed by atoms with Crippen molar-refractivity contribution < 1.29 is 4.79 Å². The molecule has 1 aromatic carbocycles. The number of hydrogen-bond acceptors (Lipinski definition) is 5. The summed E-state index contributed by atoms with van der Waals surface area (Å²) in [5.74, 6) is 0.00498. The zero-order valence-electron chi connectivity index (χ0n) is 21.7. The molecule has 4 aromatic rings. The highest BCUT2D eigenvalue weighted by atomic mass is 16.2. The summed E-state index contributed by atoms with van der Waals surface area (Å²) in [5, 5.41) is 0.858. The molecule has 2 saturated heterocycles. The number of rotatable bonds is 5. The van der Waals surface area contributed by atoms with E-state index < -0.39 is 0 Å². The molecule has 0 saturated carbocycles. The van der Waals surface area contributed by atoms with E-state index in [0.717, 1.165) is 92.8 Å². The van der Waals surface area contributed by atoms with Crippen molar-refractivity contribution in [3.8, 4) is 11.3 Å². The molecule has 37 heavy (non-hydrogen) atoms. The van der Waals surface area contributed by atoms with Gasteiger partial charge in [-0.2, -0.15) is 0 Å². The maximum absolute atomic E-state index is 13.2. The van der Waals surface area contributed by atoms with Crippen molar-refractivity contribution in [1.29, 1.82) is 0 Å². The number of likely N-dealkylation sites (tertiary alicyclic amines) is 1. The number of carbonyl (C=O) groups excluding carboxylic acids is 1. The zero-order chi connectivity index (χ0) is 25.5. The Morgan fingerprint density at radius 2 is 1.73 bits per heavy atom. The number of hydrogen-bond donors (Lipinski definition) is 1. The maximum Gasteiger partial charge on any atom is 0.329 e. The average Bonchev–Trinajstić information content (AvgIpc) is 3.49. The van der Waals surface area contributed by atoms with E-state index in [0.29, 0.717) is 5.65 Å². The van der Waals surface area contributed by atoms with E-state index in [2.05, 4.69) is 57.0 Å². The van der Waals surface area contributed by atoms with Gasteiger partial charge >= 0.3 is 5.69 Å². The fourth-order valence-corrected chi connectivity index (χ4v) is 5.81. The number of fused-ring (bicyclic) bond motifs is 3. The Hall–Kier alpha value is -3.59. The first-order valence-electron chi connectivity index (χ1n) is 13.5. The van der Waals surface area contributed by atoms with E-state index in [1.165, 1.54) is 5.69 Å². The van der Waals surface area contributed by atoms with Crippen molar-refractivity contribution in [2.75, 3.05) is 50.7 Å². The number of anilines is 1. The number of H-pyrrole nitrogens is 1. The normalized spacial score (nSPS) is 17.2. The van der Waals surface area contributed by atoms with Gasteiger partial charge < -0.3 is 19.7 Å². The Labute approximate surface area is 216 Å². The van der Waals surface area contributed by atoms with Gasteiger partial charge in [-0.3, -0.25) is 13.9 Å². The van der Waals surface area contributed by atoms with Crippen molar-refractivity contribution in [3.05, 3.63) is 47.0 Å². The molecule has 194 valence electrons. The third-order valence-electron chi connectivity index (χ3n) is 8.12. The van der Waals surface area contributed by atoms with Gasteiger partial charge in [0.25, 0.3) is 0 Å². The number of aromatic amines is 1. The number of aromatic nitrogens is 4. The molecule has 5 heterocycles. The number of nitrogens with one attached hydrogen (secondary N) is 1. The topological polar surface area (TPSA) is 82.4 Å². The minimum Gasteiger partial charge on any atom is -0.369 e. The fraction of sp³-hybridized carbons (Fsp3) is 0.464. The van der Waals surface area contributed by atoms with Crippen molar-refractivity contribution in [2.24, 2.45) is 7.05 Å². The molecule has 1 N–H and O–H groups in total. The molecule has 0 bridgehead atoms. The maximum atomic E-state index is 13.2. The van der Waals surface area contributed by atoms with Crippen LogP contribution in [0.3, 0.4) is 0 Å². The predicted molar refractivity (Wildman–Crippen MR) is 147 cm³/mol.